The maximum atomic E-state index is 11.1. The van der Waals surface area contributed by atoms with Crippen LogP contribution in [0, 0.1) is 5.92 Å². The van der Waals surface area contributed by atoms with Crippen molar-refractivity contribution in [2.24, 2.45) is 18.1 Å². The lowest BCUT2D eigenvalue weighted by Crippen LogP contribution is -2.17. The Kier molecular flexibility index (Phi) is 8.09. The summed E-state index contributed by atoms with van der Waals surface area (Å²) in [7, 11) is 1.69. The first kappa shape index (κ1) is 19.8. The first-order chi connectivity index (χ1) is 9.81. The van der Waals surface area contributed by atoms with E-state index in [1.807, 2.05) is 26.1 Å². The predicted octanol–water partition coefficient (Wildman–Crippen LogP) is 3.21. The highest BCUT2D eigenvalue weighted by molar-refractivity contribution is 5.80. The standard InChI is InChI=1S/C8H12N2O.C8H12N2.CH4/c1-6(2)7-4-8(11)10(3)5-9-7;1-6(2)8-4-7(3)10-9-5-8;/h4-6H,1-3H3;4-6,10H,3H2,1-2H3;1H4. The second-order valence-corrected chi connectivity index (χ2v) is 5.61. The third-order valence-corrected chi connectivity index (χ3v) is 3.02. The molecule has 1 aliphatic heterocycles. The molecule has 0 amide bonds. The Morgan fingerprint density at radius 3 is 2.27 bits per heavy atom. The molecule has 1 N–H and O–H groups in total. The van der Waals surface area contributed by atoms with Gasteiger partial charge in [-0.05, 0) is 23.5 Å². The zero-order valence-electron chi connectivity index (χ0n) is 13.4. The highest BCUT2D eigenvalue weighted by atomic mass is 16.1. The van der Waals surface area contributed by atoms with E-state index in [0.29, 0.717) is 11.8 Å². The summed E-state index contributed by atoms with van der Waals surface area (Å²) in [6.07, 6.45) is 5.40. The number of allylic oxidation sites excluding steroid dienone is 2. The Bertz CT molecular complexity index is 609. The SMILES string of the molecule is C.C=C1C=C(C(C)C)C=NN1.CC(C)c1cc(=O)n(C)cn1. The van der Waals surface area contributed by atoms with E-state index >= 15 is 0 Å². The molecule has 1 aliphatic rings. The van der Waals surface area contributed by atoms with Gasteiger partial charge in [-0.2, -0.15) is 5.10 Å². The first-order valence-electron chi connectivity index (χ1n) is 7.03. The van der Waals surface area contributed by atoms with Gasteiger partial charge in [0, 0.05) is 18.8 Å². The molecular formula is C17H28N4O. The fraction of sp³-hybridized carbons (Fsp3) is 0.471. The normalized spacial score (nSPS) is 13.0. The van der Waals surface area contributed by atoms with Gasteiger partial charge in [0.25, 0.3) is 5.56 Å². The number of hydrazone groups is 1. The van der Waals surface area contributed by atoms with Crippen LogP contribution in [0.2, 0.25) is 0 Å². The van der Waals surface area contributed by atoms with E-state index in [-0.39, 0.29) is 13.0 Å². The second kappa shape index (κ2) is 8.97. The summed E-state index contributed by atoms with van der Waals surface area (Å²) in [5.41, 5.74) is 5.72. The summed E-state index contributed by atoms with van der Waals surface area (Å²) in [4.78, 5) is 15.2. The summed E-state index contributed by atoms with van der Waals surface area (Å²) in [6.45, 7) is 12.0. The largest absolute Gasteiger partial charge is 0.302 e. The molecule has 0 aromatic carbocycles. The average molecular weight is 304 g/mol. The molecule has 0 bridgehead atoms. The third kappa shape index (κ3) is 6.08. The molecule has 5 nitrogen and oxygen atoms in total. The van der Waals surface area contributed by atoms with Crippen molar-refractivity contribution in [2.45, 2.75) is 41.0 Å². The van der Waals surface area contributed by atoms with E-state index < -0.39 is 0 Å². The van der Waals surface area contributed by atoms with Gasteiger partial charge in [0.05, 0.1) is 18.2 Å². The molecule has 0 atom stereocenters. The number of rotatable bonds is 2. The summed E-state index contributed by atoms with van der Waals surface area (Å²) in [5.74, 6) is 0.853. The highest BCUT2D eigenvalue weighted by Crippen LogP contribution is 2.11. The summed E-state index contributed by atoms with van der Waals surface area (Å²) < 4.78 is 1.46. The second-order valence-electron chi connectivity index (χ2n) is 5.61. The predicted molar refractivity (Wildman–Crippen MR) is 94.0 cm³/mol. The molecule has 2 rings (SSSR count). The van der Waals surface area contributed by atoms with Crippen molar-refractivity contribution in [3.8, 4) is 0 Å². The number of aryl methyl sites for hydroxylation is 1. The molecule has 2 heterocycles. The van der Waals surface area contributed by atoms with Crippen LogP contribution in [0.4, 0.5) is 0 Å². The lowest BCUT2D eigenvalue weighted by atomic mass is 10.0. The molecule has 0 spiro atoms. The monoisotopic (exact) mass is 304 g/mol. The van der Waals surface area contributed by atoms with Gasteiger partial charge in [0.1, 0.15) is 0 Å². The van der Waals surface area contributed by atoms with Crippen molar-refractivity contribution < 1.29 is 0 Å². The third-order valence-electron chi connectivity index (χ3n) is 3.02. The number of hydrogen-bond acceptors (Lipinski definition) is 4. The van der Waals surface area contributed by atoms with Gasteiger partial charge in [-0.1, -0.05) is 41.7 Å². The van der Waals surface area contributed by atoms with Crippen molar-refractivity contribution in [2.75, 3.05) is 0 Å². The number of aromatic nitrogens is 2. The van der Waals surface area contributed by atoms with E-state index in [9.17, 15) is 4.79 Å². The molecule has 0 fully saturated rings. The van der Waals surface area contributed by atoms with Crippen molar-refractivity contribution >= 4 is 6.21 Å². The van der Waals surface area contributed by atoms with Gasteiger partial charge in [-0.3, -0.25) is 10.2 Å². The van der Waals surface area contributed by atoms with Crippen molar-refractivity contribution in [3.05, 3.63) is 52.4 Å². The highest BCUT2D eigenvalue weighted by Gasteiger charge is 2.03. The lowest BCUT2D eigenvalue weighted by molar-refractivity contribution is 0.755. The fourth-order valence-electron chi connectivity index (χ4n) is 1.57. The van der Waals surface area contributed by atoms with Crippen LogP contribution in [0.3, 0.4) is 0 Å². The Balaban J connectivity index is 0.000000385. The van der Waals surface area contributed by atoms with Crippen molar-refractivity contribution in [1.82, 2.24) is 15.0 Å². The summed E-state index contributed by atoms with van der Waals surface area (Å²) in [6, 6.07) is 1.57. The van der Waals surface area contributed by atoms with Crippen LogP contribution in [0.25, 0.3) is 0 Å². The Hall–Kier alpha value is -2.17. The van der Waals surface area contributed by atoms with Gasteiger partial charge in [-0.25, -0.2) is 4.98 Å². The molecule has 5 heteroatoms. The van der Waals surface area contributed by atoms with Crippen LogP contribution in [0.5, 0.6) is 0 Å². The molecule has 22 heavy (non-hydrogen) atoms. The topological polar surface area (TPSA) is 59.3 Å². The molecule has 0 aliphatic carbocycles. The first-order valence-corrected chi connectivity index (χ1v) is 7.03. The maximum Gasteiger partial charge on any atom is 0.253 e. The lowest BCUT2D eigenvalue weighted by Gasteiger charge is -2.11. The van der Waals surface area contributed by atoms with E-state index in [0.717, 1.165) is 11.4 Å². The van der Waals surface area contributed by atoms with Crippen LogP contribution in [-0.4, -0.2) is 15.8 Å². The zero-order valence-corrected chi connectivity index (χ0v) is 13.4. The number of hydrogen-bond donors (Lipinski definition) is 1. The molecular weight excluding hydrogens is 276 g/mol. The van der Waals surface area contributed by atoms with Gasteiger partial charge >= 0.3 is 0 Å². The van der Waals surface area contributed by atoms with E-state index in [4.69, 9.17) is 0 Å². The molecule has 0 saturated heterocycles. The minimum atomic E-state index is 0. The quantitative estimate of drug-likeness (QED) is 0.912. The van der Waals surface area contributed by atoms with Gasteiger partial charge < -0.3 is 4.57 Å². The Morgan fingerprint density at radius 1 is 1.23 bits per heavy atom. The Morgan fingerprint density at radius 2 is 1.86 bits per heavy atom. The van der Waals surface area contributed by atoms with Crippen LogP contribution < -0.4 is 11.0 Å². The zero-order chi connectivity index (χ0) is 16.0. The van der Waals surface area contributed by atoms with Crippen molar-refractivity contribution in [3.63, 3.8) is 0 Å². The van der Waals surface area contributed by atoms with E-state index in [2.05, 4.69) is 35.9 Å². The van der Waals surface area contributed by atoms with Crippen LogP contribution >= 0.6 is 0 Å². The van der Waals surface area contributed by atoms with E-state index in [1.165, 1.54) is 10.1 Å². The number of nitrogens with zero attached hydrogens (tertiary/aromatic N) is 3. The average Bonchev–Trinajstić information content (AvgIpc) is 2.42. The Labute approximate surface area is 133 Å². The van der Waals surface area contributed by atoms with Gasteiger partial charge in [0.15, 0.2) is 0 Å². The maximum absolute atomic E-state index is 11.1. The smallest absolute Gasteiger partial charge is 0.253 e. The van der Waals surface area contributed by atoms with Crippen molar-refractivity contribution in [1.29, 1.82) is 0 Å². The van der Waals surface area contributed by atoms with Gasteiger partial charge in [-0.15, -0.1) is 0 Å². The van der Waals surface area contributed by atoms with Gasteiger partial charge in [0.2, 0.25) is 0 Å². The minimum Gasteiger partial charge on any atom is -0.302 e. The molecule has 0 saturated carbocycles. The van der Waals surface area contributed by atoms with Crippen LogP contribution in [-0.2, 0) is 7.05 Å². The molecule has 1 aromatic heterocycles. The minimum absolute atomic E-state index is 0. The molecule has 1 aromatic rings. The summed E-state index contributed by atoms with van der Waals surface area (Å²) in [5, 5.41) is 3.92. The van der Waals surface area contributed by atoms with E-state index in [1.54, 1.807) is 19.4 Å². The fourth-order valence-corrected chi connectivity index (χ4v) is 1.57. The van der Waals surface area contributed by atoms with Crippen LogP contribution in [0.15, 0.2) is 46.2 Å². The molecule has 0 radical (unpaired) electrons. The molecule has 0 unspecified atom stereocenters. The molecule has 122 valence electrons. The number of nitrogens with one attached hydrogen (secondary N) is 1. The van der Waals surface area contributed by atoms with Crippen LogP contribution in [0.1, 0.15) is 46.7 Å². The summed E-state index contributed by atoms with van der Waals surface area (Å²) >= 11 is 0.